The molecule has 43 heavy (non-hydrogen) atoms. The lowest BCUT2D eigenvalue weighted by Crippen LogP contribution is -2.62. The van der Waals surface area contributed by atoms with E-state index < -0.39 is 0 Å². The molecule has 0 radical (unpaired) electrons. The molecule has 0 saturated carbocycles. The zero-order chi connectivity index (χ0) is 27.6. The SMILES string of the molecule is c1ccc2c(c1)Cc1cc3c4c(c1-2)Cc1cc2c(c5c1B4c1c(cc4c(c1O3)-c1ccccc1C4)O5)-c1ccccc1C2. The van der Waals surface area contributed by atoms with Crippen LogP contribution < -0.4 is 25.9 Å². The highest BCUT2D eigenvalue weighted by atomic mass is 16.5. The van der Waals surface area contributed by atoms with Crippen LogP contribution >= 0.6 is 0 Å². The van der Waals surface area contributed by atoms with Gasteiger partial charge in [-0.1, -0.05) is 78.9 Å². The number of hydrogen-bond acceptors (Lipinski definition) is 2. The van der Waals surface area contributed by atoms with Gasteiger partial charge in [-0.15, -0.1) is 0 Å². The van der Waals surface area contributed by atoms with Gasteiger partial charge in [-0.3, -0.25) is 0 Å². The molecule has 6 aromatic carbocycles. The summed E-state index contributed by atoms with van der Waals surface area (Å²) >= 11 is 0. The van der Waals surface area contributed by atoms with Crippen molar-refractivity contribution in [1.29, 1.82) is 0 Å². The van der Waals surface area contributed by atoms with Crippen LogP contribution in [0.3, 0.4) is 0 Å². The Balaban J connectivity index is 1.22. The highest BCUT2D eigenvalue weighted by Crippen LogP contribution is 2.53. The Labute approximate surface area is 249 Å². The van der Waals surface area contributed by atoms with Crippen molar-refractivity contribution in [2.24, 2.45) is 0 Å². The van der Waals surface area contributed by atoms with E-state index in [4.69, 9.17) is 9.47 Å². The molecule has 0 N–H and O–H groups in total. The van der Waals surface area contributed by atoms with Crippen LogP contribution in [-0.2, 0) is 25.7 Å². The van der Waals surface area contributed by atoms with Gasteiger partial charge in [-0.05, 0) is 116 Å². The number of ether oxygens (including phenoxy) is 2. The fourth-order valence-electron chi connectivity index (χ4n) is 9.45. The first-order chi connectivity index (χ1) is 21.3. The second-order valence-electron chi connectivity index (χ2n) is 13.1. The van der Waals surface area contributed by atoms with Gasteiger partial charge < -0.3 is 9.47 Å². The number of hydrogen-bond donors (Lipinski definition) is 0. The summed E-state index contributed by atoms with van der Waals surface area (Å²) in [6.45, 7) is 0.102. The van der Waals surface area contributed by atoms with E-state index in [1.165, 1.54) is 94.3 Å². The molecule has 6 aromatic rings. The van der Waals surface area contributed by atoms with E-state index >= 15 is 0 Å². The molecular weight excluding hydrogens is 523 g/mol. The fourth-order valence-corrected chi connectivity index (χ4v) is 9.45. The van der Waals surface area contributed by atoms with Gasteiger partial charge >= 0.3 is 0 Å². The zero-order valence-electron chi connectivity index (χ0n) is 23.4. The van der Waals surface area contributed by atoms with Crippen molar-refractivity contribution in [2.45, 2.75) is 25.7 Å². The van der Waals surface area contributed by atoms with E-state index in [0.29, 0.717) is 0 Å². The number of benzene rings is 6. The highest BCUT2D eigenvalue weighted by Gasteiger charge is 2.49. The lowest BCUT2D eigenvalue weighted by atomic mass is 9.31. The molecule has 3 aliphatic carbocycles. The van der Waals surface area contributed by atoms with Crippen LogP contribution in [0.1, 0.15) is 44.5 Å². The van der Waals surface area contributed by atoms with Crippen molar-refractivity contribution >= 4 is 23.1 Å². The van der Waals surface area contributed by atoms with Crippen LogP contribution in [0, 0.1) is 0 Å². The van der Waals surface area contributed by atoms with Crippen molar-refractivity contribution < 1.29 is 9.47 Å². The zero-order valence-corrected chi connectivity index (χ0v) is 23.4. The molecule has 3 aliphatic heterocycles. The molecule has 0 atom stereocenters. The molecule has 0 amide bonds. The Hall–Kier alpha value is -5.02. The summed E-state index contributed by atoms with van der Waals surface area (Å²) in [5.41, 5.74) is 23.1. The quantitative estimate of drug-likeness (QED) is 0.190. The minimum Gasteiger partial charge on any atom is -0.458 e. The third kappa shape index (κ3) is 2.45. The second-order valence-corrected chi connectivity index (χ2v) is 13.1. The van der Waals surface area contributed by atoms with E-state index in [1.54, 1.807) is 0 Å². The van der Waals surface area contributed by atoms with Gasteiger partial charge in [0.15, 0.2) is 0 Å². The lowest BCUT2D eigenvalue weighted by Gasteiger charge is -2.40. The third-order valence-electron chi connectivity index (χ3n) is 11.0. The lowest BCUT2D eigenvalue weighted by molar-refractivity contribution is 0.464. The summed E-state index contributed by atoms with van der Waals surface area (Å²) in [5.74, 6) is 4.11. The van der Waals surface area contributed by atoms with Crippen LogP contribution in [0.5, 0.6) is 23.0 Å². The molecule has 0 fully saturated rings. The minimum atomic E-state index is 0.102. The largest absolute Gasteiger partial charge is 0.458 e. The highest BCUT2D eigenvalue weighted by molar-refractivity contribution is 6.99. The number of rotatable bonds is 0. The maximum atomic E-state index is 7.14. The predicted molar refractivity (Wildman–Crippen MR) is 172 cm³/mol. The number of fused-ring (bicyclic) bond motifs is 12. The van der Waals surface area contributed by atoms with E-state index in [-0.39, 0.29) is 6.71 Å². The summed E-state index contributed by atoms with van der Waals surface area (Å²) in [6.07, 6.45) is 3.75. The van der Waals surface area contributed by atoms with E-state index in [1.807, 2.05) is 0 Å². The van der Waals surface area contributed by atoms with Crippen LogP contribution in [0.2, 0.25) is 0 Å². The maximum absolute atomic E-state index is 7.14. The van der Waals surface area contributed by atoms with Gasteiger partial charge in [0.05, 0.1) is 0 Å². The van der Waals surface area contributed by atoms with Crippen LogP contribution in [0.25, 0.3) is 33.4 Å². The maximum Gasteiger partial charge on any atom is 0.261 e. The standard InChI is InChI=1S/C40H23BO2/c1-4-10-27-20(7-1)14-24-18-31-37-30(33(24)27)17-26-16-23-13-21-8-2-5-11-28(21)34(23)39-36(26)41(37)38-32(43-39)19-25-15-22-9-3-6-12-29(22)35(25)40(38)42-31/h1-12,16,18-19H,13-15,17H2. The van der Waals surface area contributed by atoms with Crippen LogP contribution in [0.4, 0.5) is 0 Å². The normalized spacial score (nSPS) is 15.4. The Bertz CT molecular complexity index is 2100. The molecule has 6 aliphatic rings. The summed E-state index contributed by atoms with van der Waals surface area (Å²) in [7, 11) is 0. The predicted octanol–water partition coefficient (Wildman–Crippen LogP) is 7.03. The molecule has 0 bridgehead atoms. The van der Waals surface area contributed by atoms with Crippen molar-refractivity contribution in [3.05, 3.63) is 136 Å². The Kier molecular flexibility index (Phi) is 3.59. The monoisotopic (exact) mass is 546 g/mol. The van der Waals surface area contributed by atoms with E-state index in [2.05, 4.69) is 91.0 Å². The topological polar surface area (TPSA) is 18.5 Å². The van der Waals surface area contributed by atoms with Gasteiger partial charge in [-0.25, -0.2) is 0 Å². The molecule has 12 rings (SSSR count). The van der Waals surface area contributed by atoms with Gasteiger partial charge in [0.1, 0.15) is 23.0 Å². The molecule has 3 heterocycles. The van der Waals surface area contributed by atoms with Gasteiger partial charge in [-0.2, -0.15) is 0 Å². The molecule has 0 spiro atoms. The molecule has 3 heteroatoms. The van der Waals surface area contributed by atoms with Crippen molar-refractivity contribution in [3.63, 3.8) is 0 Å². The first kappa shape index (κ1) is 21.7. The second kappa shape index (κ2) is 7.13. The smallest absolute Gasteiger partial charge is 0.261 e. The van der Waals surface area contributed by atoms with Gasteiger partial charge in [0.2, 0.25) is 0 Å². The summed E-state index contributed by atoms with van der Waals surface area (Å²) in [6, 6.07) is 34.0. The van der Waals surface area contributed by atoms with E-state index in [9.17, 15) is 0 Å². The fraction of sp³-hybridized carbons (Fsp3) is 0.100. The van der Waals surface area contributed by atoms with E-state index in [0.717, 1.165) is 48.7 Å². The molecule has 0 aromatic heterocycles. The molecule has 198 valence electrons. The Morgan fingerprint density at radius 2 is 0.907 bits per heavy atom. The first-order valence-corrected chi connectivity index (χ1v) is 15.5. The molecular formula is C40H23BO2. The first-order valence-electron chi connectivity index (χ1n) is 15.5. The van der Waals surface area contributed by atoms with Crippen LogP contribution in [0.15, 0.2) is 91.0 Å². The average Bonchev–Trinajstić information content (AvgIpc) is 3.71. The van der Waals surface area contributed by atoms with Crippen molar-refractivity contribution in [3.8, 4) is 56.4 Å². The molecule has 2 nitrogen and oxygen atoms in total. The average molecular weight is 546 g/mol. The summed E-state index contributed by atoms with van der Waals surface area (Å²) in [4.78, 5) is 0. The van der Waals surface area contributed by atoms with Gasteiger partial charge in [0.25, 0.3) is 6.71 Å². The minimum absolute atomic E-state index is 0.102. The van der Waals surface area contributed by atoms with Crippen molar-refractivity contribution in [1.82, 2.24) is 0 Å². The Morgan fingerprint density at radius 1 is 0.419 bits per heavy atom. The third-order valence-corrected chi connectivity index (χ3v) is 11.0. The Morgan fingerprint density at radius 3 is 1.53 bits per heavy atom. The van der Waals surface area contributed by atoms with Gasteiger partial charge in [0, 0.05) is 16.6 Å². The summed E-state index contributed by atoms with van der Waals surface area (Å²) < 4.78 is 14.3. The summed E-state index contributed by atoms with van der Waals surface area (Å²) in [5, 5.41) is 0. The molecule has 0 saturated heterocycles. The molecule has 0 unspecified atom stereocenters. The van der Waals surface area contributed by atoms with Crippen LogP contribution in [-0.4, -0.2) is 6.71 Å². The van der Waals surface area contributed by atoms with Crippen molar-refractivity contribution in [2.75, 3.05) is 0 Å².